The van der Waals surface area contributed by atoms with Crippen LogP contribution in [0.1, 0.15) is 18.4 Å². The van der Waals surface area contributed by atoms with Gasteiger partial charge >= 0.3 is 0 Å². The van der Waals surface area contributed by atoms with Crippen molar-refractivity contribution in [3.05, 3.63) is 59.4 Å². The fourth-order valence-corrected chi connectivity index (χ4v) is 4.17. The van der Waals surface area contributed by atoms with Gasteiger partial charge in [-0.2, -0.15) is 0 Å². The molecule has 1 fully saturated rings. The third-order valence-electron chi connectivity index (χ3n) is 5.84. The lowest BCUT2D eigenvalue weighted by atomic mass is 9.95. The number of halogens is 1. The van der Waals surface area contributed by atoms with Crippen molar-refractivity contribution < 1.29 is 19.0 Å². The Hall–Kier alpha value is -3.52. The number of benzene rings is 2. The minimum atomic E-state index is -0.170. The Morgan fingerprint density at radius 3 is 2.50 bits per heavy atom. The summed E-state index contributed by atoms with van der Waals surface area (Å²) in [7, 11) is 3.07. The molecule has 0 bridgehead atoms. The summed E-state index contributed by atoms with van der Waals surface area (Å²) in [6.07, 6.45) is 4.57. The number of aromatic nitrogens is 2. The summed E-state index contributed by atoms with van der Waals surface area (Å²) in [5.74, 6) is 2.60. The number of nitrogens with one attached hydrogen (secondary N) is 1. The van der Waals surface area contributed by atoms with E-state index in [0.29, 0.717) is 59.8 Å². The molecule has 8 nitrogen and oxygen atoms in total. The van der Waals surface area contributed by atoms with Gasteiger partial charge in [0.25, 0.3) is 5.88 Å². The summed E-state index contributed by atoms with van der Waals surface area (Å²) in [5, 5.41) is 3.29. The van der Waals surface area contributed by atoms with E-state index in [1.165, 1.54) is 7.11 Å². The van der Waals surface area contributed by atoms with Gasteiger partial charge in [0.1, 0.15) is 22.9 Å². The number of aryl methyl sites for hydroxylation is 1. The van der Waals surface area contributed by atoms with E-state index in [-0.39, 0.29) is 11.8 Å². The average Bonchev–Trinajstić information content (AvgIpc) is 2.86. The molecule has 1 aliphatic rings. The first-order chi connectivity index (χ1) is 16.5. The number of rotatable bonds is 7. The lowest BCUT2D eigenvalue weighted by molar-refractivity contribution is -0.120. The van der Waals surface area contributed by atoms with Gasteiger partial charge < -0.3 is 24.4 Å². The van der Waals surface area contributed by atoms with E-state index in [1.807, 2.05) is 31.2 Å². The molecular formula is C25H27ClN4O4. The number of hydrogen-bond donors (Lipinski definition) is 1. The van der Waals surface area contributed by atoms with Gasteiger partial charge in [0.2, 0.25) is 5.91 Å². The molecule has 2 aromatic carbocycles. The molecule has 0 radical (unpaired) electrons. The van der Waals surface area contributed by atoms with E-state index < -0.39 is 0 Å². The van der Waals surface area contributed by atoms with Crippen molar-refractivity contribution in [1.82, 2.24) is 9.97 Å². The number of anilines is 2. The predicted octanol–water partition coefficient (Wildman–Crippen LogP) is 5.10. The molecule has 4 rings (SSSR count). The van der Waals surface area contributed by atoms with Crippen molar-refractivity contribution >= 4 is 29.0 Å². The van der Waals surface area contributed by atoms with Crippen LogP contribution in [0.3, 0.4) is 0 Å². The highest BCUT2D eigenvalue weighted by Gasteiger charge is 2.28. The molecule has 3 aromatic rings. The molecular weight excluding hydrogens is 456 g/mol. The normalized spacial score (nSPS) is 13.9. The fourth-order valence-electron chi connectivity index (χ4n) is 3.92. The lowest BCUT2D eigenvalue weighted by Gasteiger charge is -2.32. The Kier molecular flexibility index (Phi) is 7.37. The Morgan fingerprint density at radius 1 is 1.06 bits per heavy atom. The number of para-hydroxylation sites is 1. The number of methoxy groups -OCH3 is 2. The number of hydrogen-bond acceptors (Lipinski definition) is 7. The first kappa shape index (κ1) is 23.6. The highest BCUT2D eigenvalue weighted by molar-refractivity contribution is 6.34. The summed E-state index contributed by atoms with van der Waals surface area (Å²) in [5.41, 5.74) is 1.46. The molecule has 178 valence electrons. The minimum absolute atomic E-state index is 0.0967. The van der Waals surface area contributed by atoms with Gasteiger partial charge in [-0.15, -0.1) is 0 Å². The van der Waals surface area contributed by atoms with Gasteiger partial charge in [-0.1, -0.05) is 29.8 Å². The highest BCUT2D eigenvalue weighted by Crippen LogP contribution is 2.38. The van der Waals surface area contributed by atoms with Crippen molar-refractivity contribution in [3.63, 3.8) is 0 Å². The maximum Gasteiger partial charge on any atom is 0.263 e. The molecule has 0 unspecified atom stereocenters. The zero-order chi connectivity index (χ0) is 24.1. The van der Waals surface area contributed by atoms with Gasteiger partial charge in [-0.25, -0.2) is 9.97 Å². The summed E-state index contributed by atoms with van der Waals surface area (Å²) >= 11 is 6.36. The third kappa shape index (κ3) is 5.17. The monoisotopic (exact) mass is 482 g/mol. The van der Waals surface area contributed by atoms with Crippen LogP contribution in [0.4, 0.5) is 11.5 Å². The van der Waals surface area contributed by atoms with E-state index in [1.54, 1.807) is 31.6 Å². The molecule has 9 heteroatoms. The number of carbonyl (C=O) groups excluding carboxylic acids is 1. The standard InChI is InChI=1S/C25H27ClN4O4/c1-16-6-4-5-7-20(16)34-25-23(27-10-11-28-25)30-12-8-17(9-13-30)24(31)29-22-19(26)14-18(32-2)15-21(22)33-3/h4-7,10-11,14-15,17H,8-9,12-13H2,1-3H3,(H,29,31). The lowest BCUT2D eigenvalue weighted by Crippen LogP contribution is -2.38. The largest absolute Gasteiger partial charge is 0.497 e. The molecule has 1 N–H and O–H groups in total. The van der Waals surface area contributed by atoms with Crippen LogP contribution < -0.4 is 24.4 Å². The average molecular weight is 483 g/mol. The zero-order valence-corrected chi connectivity index (χ0v) is 20.1. The van der Waals surface area contributed by atoms with E-state index in [2.05, 4.69) is 20.2 Å². The molecule has 0 atom stereocenters. The Bertz CT molecular complexity index is 1170. The van der Waals surface area contributed by atoms with Crippen LogP contribution >= 0.6 is 11.6 Å². The number of carbonyl (C=O) groups is 1. The van der Waals surface area contributed by atoms with Gasteiger partial charge in [-0.3, -0.25) is 4.79 Å². The second kappa shape index (κ2) is 10.6. The Balaban J connectivity index is 1.43. The van der Waals surface area contributed by atoms with E-state index in [9.17, 15) is 4.79 Å². The summed E-state index contributed by atoms with van der Waals surface area (Å²) in [4.78, 5) is 24.0. The number of ether oxygens (including phenoxy) is 3. The van der Waals surface area contributed by atoms with Crippen molar-refractivity contribution in [2.45, 2.75) is 19.8 Å². The molecule has 0 aliphatic carbocycles. The second-order valence-corrected chi connectivity index (χ2v) is 8.40. The quantitative estimate of drug-likeness (QED) is 0.501. The smallest absolute Gasteiger partial charge is 0.263 e. The number of amides is 1. The summed E-state index contributed by atoms with van der Waals surface area (Å²) in [6.45, 7) is 3.28. The van der Waals surface area contributed by atoms with Crippen molar-refractivity contribution in [3.8, 4) is 23.1 Å². The van der Waals surface area contributed by atoms with Gasteiger partial charge in [0.15, 0.2) is 5.82 Å². The van der Waals surface area contributed by atoms with Gasteiger partial charge in [0.05, 0.1) is 19.2 Å². The van der Waals surface area contributed by atoms with E-state index in [4.69, 9.17) is 25.8 Å². The maximum atomic E-state index is 13.0. The van der Waals surface area contributed by atoms with Crippen LogP contribution in [0.25, 0.3) is 0 Å². The van der Waals surface area contributed by atoms with Gasteiger partial charge in [0, 0.05) is 43.5 Å². The summed E-state index contributed by atoms with van der Waals surface area (Å²) in [6, 6.07) is 11.1. The third-order valence-corrected chi connectivity index (χ3v) is 6.14. The topological polar surface area (TPSA) is 85.8 Å². The van der Waals surface area contributed by atoms with Crippen LogP contribution in [0.2, 0.25) is 5.02 Å². The van der Waals surface area contributed by atoms with Crippen LogP contribution in [-0.2, 0) is 4.79 Å². The van der Waals surface area contributed by atoms with Crippen molar-refractivity contribution in [1.29, 1.82) is 0 Å². The molecule has 1 amide bonds. The van der Waals surface area contributed by atoms with Gasteiger partial charge in [-0.05, 0) is 31.4 Å². The Labute approximate surface area is 203 Å². The van der Waals surface area contributed by atoms with Crippen LogP contribution in [0.15, 0.2) is 48.8 Å². The SMILES string of the molecule is COc1cc(Cl)c(NC(=O)C2CCN(c3nccnc3Oc3ccccc3C)CC2)c(OC)c1. The van der Waals surface area contributed by atoms with Crippen LogP contribution in [0.5, 0.6) is 23.1 Å². The minimum Gasteiger partial charge on any atom is -0.497 e. The molecule has 2 heterocycles. The molecule has 34 heavy (non-hydrogen) atoms. The molecule has 1 saturated heterocycles. The van der Waals surface area contributed by atoms with E-state index >= 15 is 0 Å². The van der Waals surface area contributed by atoms with Crippen LogP contribution in [-0.4, -0.2) is 43.2 Å². The molecule has 1 aliphatic heterocycles. The second-order valence-electron chi connectivity index (χ2n) is 7.99. The first-order valence-corrected chi connectivity index (χ1v) is 11.4. The maximum absolute atomic E-state index is 13.0. The Morgan fingerprint density at radius 2 is 1.79 bits per heavy atom. The van der Waals surface area contributed by atoms with E-state index in [0.717, 1.165) is 11.3 Å². The van der Waals surface area contributed by atoms with Crippen LogP contribution in [0, 0.1) is 12.8 Å². The summed E-state index contributed by atoms with van der Waals surface area (Å²) < 4.78 is 16.7. The molecule has 0 spiro atoms. The highest BCUT2D eigenvalue weighted by atomic mass is 35.5. The predicted molar refractivity (Wildman–Crippen MR) is 131 cm³/mol. The van der Waals surface area contributed by atoms with Crippen molar-refractivity contribution in [2.24, 2.45) is 5.92 Å². The first-order valence-electron chi connectivity index (χ1n) is 11.0. The zero-order valence-electron chi connectivity index (χ0n) is 19.4. The molecule has 0 saturated carbocycles. The number of nitrogens with zero attached hydrogens (tertiary/aromatic N) is 3. The fraction of sp³-hybridized carbons (Fsp3) is 0.320. The van der Waals surface area contributed by atoms with Crippen molar-refractivity contribution in [2.75, 3.05) is 37.5 Å². The molecule has 1 aromatic heterocycles. The number of piperidine rings is 1.